The van der Waals surface area contributed by atoms with E-state index in [1.807, 2.05) is 0 Å². The maximum Gasteiger partial charge on any atom is 0.251 e. The van der Waals surface area contributed by atoms with Crippen LogP contribution in [0.15, 0.2) is 53.4 Å². The number of nitriles is 1. The Morgan fingerprint density at radius 1 is 1.12 bits per heavy atom. The molecule has 0 unspecified atom stereocenters. The van der Waals surface area contributed by atoms with Gasteiger partial charge in [0.05, 0.1) is 30.6 Å². The SMILES string of the molecule is CC(C)[C@H](NC(=O)c1cccc(S(=O)(=O)N2CCOCC2)c1)C(=O)Nc1ccc(CC#N)cc1. The Morgan fingerprint density at radius 3 is 2.41 bits per heavy atom. The van der Waals surface area contributed by atoms with Crippen LogP contribution >= 0.6 is 0 Å². The lowest BCUT2D eigenvalue weighted by molar-refractivity contribution is -0.118. The van der Waals surface area contributed by atoms with E-state index < -0.39 is 27.9 Å². The van der Waals surface area contributed by atoms with Gasteiger partial charge < -0.3 is 15.4 Å². The highest BCUT2D eigenvalue weighted by atomic mass is 32.2. The van der Waals surface area contributed by atoms with Gasteiger partial charge in [-0.3, -0.25) is 9.59 Å². The molecule has 1 atom stereocenters. The second-order valence-corrected chi connectivity index (χ2v) is 10.2. The lowest BCUT2D eigenvalue weighted by Gasteiger charge is -2.26. The van der Waals surface area contributed by atoms with Gasteiger partial charge in [-0.05, 0) is 41.8 Å². The van der Waals surface area contributed by atoms with Crippen LogP contribution in [0.2, 0.25) is 0 Å². The Labute approximate surface area is 199 Å². The number of nitrogens with zero attached hydrogens (tertiary/aromatic N) is 2. The van der Waals surface area contributed by atoms with Crippen molar-refractivity contribution in [1.29, 1.82) is 5.26 Å². The fourth-order valence-electron chi connectivity index (χ4n) is 3.51. The Kier molecular flexibility index (Phi) is 8.39. The van der Waals surface area contributed by atoms with Gasteiger partial charge in [-0.1, -0.05) is 32.0 Å². The molecule has 2 amide bonds. The van der Waals surface area contributed by atoms with Crippen LogP contribution in [-0.4, -0.2) is 56.9 Å². The first-order valence-corrected chi connectivity index (χ1v) is 12.4. The molecule has 0 spiro atoms. The van der Waals surface area contributed by atoms with Gasteiger partial charge in [0.25, 0.3) is 5.91 Å². The number of hydrogen-bond donors (Lipinski definition) is 2. The second-order valence-electron chi connectivity index (χ2n) is 8.26. The molecule has 9 nitrogen and oxygen atoms in total. The molecule has 2 N–H and O–H groups in total. The van der Waals surface area contributed by atoms with Crippen molar-refractivity contribution in [3.05, 3.63) is 59.7 Å². The third kappa shape index (κ3) is 6.20. The first-order chi connectivity index (χ1) is 16.2. The van der Waals surface area contributed by atoms with Crippen LogP contribution in [0.25, 0.3) is 0 Å². The number of carbonyl (C=O) groups is 2. The Hall–Kier alpha value is -3.26. The zero-order valence-electron chi connectivity index (χ0n) is 19.2. The van der Waals surface area contributed by atoms with Gasteiger partial charge in [0.15, 0.2) is 0 Å². The molecule has 0 radical (unpaired) electrons. The van der Waals surface area contributed by atoms with Crippen molar-refractivity contribution >= 4 is 27.5 Å². The zero-order chi connectivity index (χ0) is 24.7. The number of sulfonamides is 1. The van der Waals surface area contributed by atoms with Crippen molar-refractivity contribution in [3.63, 3.8) is 0 Å². The number of carbonyl (C=O) groups excluding carboxylic acids is 2. The van der Waals surface area contributed by atoms with Gasteiger partial charge in [0.2, 0.25) is 15.9 Å². The Bertz CT molecular complexity index is 1170. The smallest absolute Gasteiger partial charge is 0.251 e. The summed E-state index contributed by atoms with van der Waals surface area (Å²) in [6.45, 7) is 4.77. The zero-order valence-corrected chi connectivity index (χ0v) is 20.0. The minimum absolute atomic E-state index is 0.0186. The van der Waals surface area contributed by atoms with Crippen LogP contribution in [0.5, 0.6) is 0 Å². The molecule has 0 saturated carbocycles. The van der Waals surface area contributed by atoms with Crippen LogP contribution < -0.4 is 10.6 Å². The summed E-state index contributed by atoms with van der Waals surface area (Å²) in [7, 11) is -3.75. The minimum Gasteiger partial charge on any atom is -0.379 e. The largest absolute Gasteiger partial charge is 0.379 e. The summed E-state index contributed by atoms with van der Waals surface area (Å²) >= 11 is 0. The average Bonchev–Trinajstić information content (AvgIpc) is 2.84. The Morgan fingerprint density at radius 2 is 1.79 bits per heavy atom. The lowest BCUT2D eigenvalue weighted by Crippen LogP contribution is -2.47. The third-order valence-electron chi connectivity index (χ3n) is 5.44. The summed E-state index contributed by atoms with van der Waals surface area (Å²) in [6.07, 6.45) is 0.277. The summed E-state index contributed by atoms with van der Waals surface area (Å²) in [6, 6.07) is 13.9. The van der Waals surface area contributed by atoms with Crippen LogP contribution in [0.1, 0.15) is 29.8 Å². The average molecular weight is 485 g/mol. The predicted octanol–water partition coefficient (Wildman–Crippen LogP) is 2.17. The van der Waals surface area contributed by atoms with E-state index in [2.05, 4.69) is 16.7 Å². The molecule has 2 aromatic carbocycles. The van der Waals surface area contributed by atoms with Crippen molar-refractivity contribution in [2.24, 2.45) is 5.92 Å². The third-order valence-corrected chi connectivity index (χ3v) is 7.34. The summed E-state index contributed by atoms with van der Waals surface area (Å²) < 4.78 is 32.4. The molecule has 0 bridgehead atoms. The first-order valence-electron chi connectivity index (χ1n) is 11.0. The van der Waals surface area contributed by atoms with E-state index in [1.165, 1.54) is 28.6 Å². The number of benzene rings is 2. The number of morpholine rings is 1. The standard InChI is InChI=1S/C24H28N4O5S/c1-17(2)22(24(30)26-20-8-6-18(7-9-20)10-11-25)27-23(29)19-4-3-5-21(16-19)34(31,32)28-12-14-33-15-13-28/h3-9,16-17,22H,10,12-15H2,1-2H3,(H,26,30)(H,27,29)/t22-/m0/s1. The second kappa shape index (κ2) is 11.2. The summed E-state index contributed by atoms with van der Waals surface area (Å²) in [5, 5.41) is 14.3. The van der Waals surface area contributed by atoms with E-state index in [0.29, 0.717) is 18.9 Å². The summed E-state index contributed by atoms with van der Waals surface area (Å²) in [5.41, 5.74) is 1.53. The maximum atomic E-state index is 12.9. The van der Waals surface area contributed by atoms with Crippen LogP contribution in [0.3, 0.4) is 0 Å². The number of ether oxygens (including phenoxy) is 1. The summed E-state index contributed by atoms with van der Waals surface area (Å²) in [4.78, 5) is 25.8. The van der Waals surface area contributed by atoms with Gasteiger partial charge in [-0.2, -0.15) is 9.57 Å². The van der Waals surface area contributed by atoms with E-state index in [0.717, 1.165) is 5.56 Å². The van der Waals surface area contributed by atoms with Gasteiger partial charge in [0.1, 0.15) is 6.04 Å². The number of anilines is 1. The number of hydrogen-bond acceptors (Lipinski definition) is 6. The molecule has 1 aliphatic heterocycles. The quantitative estimate of drug-likeness (QED) is 0.591. The van der Waals surface area contributed by atoms with Crippen molar-refractivity contribution in [1.82, 2.24) is 9.62 Å². The van der Waals surface area contributed by atoms with Gasteiger partial charge in [-0.15, -0.1) is 0 Å². The predicted molar refractivity (Wildman–Crippen MR) is 127 cm³/mol. The molecule has 1 aliphatic rings. The van der Waals surface area contributed by atoms with Gasteiger partial charge in [-0.25, -0.2) is 8.42 Å². The number of nitrogens with one attached hydrogen (secondary N) is 2. The summed E-state index contributed by atoms with van der Waals surface area (Å²) in [5.74, 6) is -1.16. The monoisotopic (exact) mass is 484 g/mol. The lowest BCUT2D eigenvalue weighted by atomic mass is 10.0. The highest BCUT2D eigenvalue weighted by Crippen LogP contribution is 2.19. The molecule has 10 heteroatoms. The molecular formula is C24H28N4O5S. The van der Waals surface area contributed by atoms with E-state index in [1.54, 1.807) is 38.1 Å². The van der Waals surface area contributed by atoms with Gasteiger partial charge in [0, 0.05) is 24.3 Å². The molecule has 0 aromatic heterocycles. The minimum atomic E-state index is -3.75. The van der Waals surface area contributed by atoms with Gasteiger partial charge >= 0.3 is 0 Å². The highest BCUT2D eigenvalue weighted by Gasteiger charge is 2.28. The van der Waals surface area contributed by atoms with Crippen LogP contribution in [-0.2, 0) is 26.0 Å². The molecule has 34 heavy (non-hydrogen) atoms. The fourth-order valence-corrected chi connectivity index (χ4v) is 4.96. The van der Waals surface area contributed by atoms with E-state index in [-0.39, 0.29) is 35.9 Å². The molecule has 2 aromatic rings. The van der Waals surface area contributed by atoms with E-state index in [4.69, 9.17) is 10.00 Å². The Balaban J connectivity index is 1.72. The van der Waals surface area contributed by atoms with Crippen LogP contribution in [0.4, 0.5) is 5.69 Å². The normalized spacial score (nSPS) is 15.4. The molecule has 3 rings (SSSR count). The van der Waals surface area contributed by atoms with Crippen molar-refractivity contribution in [2.45, 2.75) is 31.2 Å². The van der Waals surface area contributed by atoms with E-state index >= 15 is 0 Å². The molecule has 1 fully saturated rings. The van der Waals surface area contributed by atoms with Crippen molar-refractivity contribution in [2.75, 3.05) is 31.6 Å². The molecule has 1 heterocycles. The maximum absolute atomic E-state index is 12.9. The molecular weight excluding hydrogens is 456 g/mol. The molecule has 180 valence electrons. The van der Waals surface area contributed by atoms with Crippen molar-refractivity contribution < 1.29 is 22.7 Å². The number of rotatable bonds is 8. The first kappa shape index (κ1) is 25.4. The van der Waals surface area contributed by atoms with Crippen molar-refractivity contribution in [3.8, 4) is 6.07 Å². The fraction of sp³-hybridized carbons (Fsp3) is 0.375. The molecule has 1 saturated heterocycles. The van der Waals surface area contributed by atoms with E-state index in [9.17, 15) is 18.0 Å². The van der Waals surface area contributed by atoms with Crippen LogP contribution in [0, 0.1) is 17.2 Å². The topological polar surface area (TPSA) is 129 Å². The molecule has 0 aliphatic carbocycles. The number of amides is 2. The highest BCUT2D eigenvalue weighted by molar-refractivity contribution is 7.89.